The normalized spacial score (nSPS) is 10.9. The Morgan fingerprint density at radius 3 is 2.70 bits per heavy atom. The van der Waals surface area contributed by atoms with Crippen LogP contribution in [0.3, 0.4) is 0 Å². The van der Waals surface area contributed by atoms with E-state index in [0.717, 1.165) is 6.07 Å². The molecule has 106 valence electrons. The molecule has 0 saturated carbocycles. The Balaban J connectivity index is 2.24. The second-order valence-corrected chi connectivity index (χ2v) is 5.13. The standard InChI is InChI=1S/C14H14ClFN2O2/c1-7(2)14-18-12(8(3)20-14)13(19)17-11-5-4-9(15)6-10(11)16/h4-7H,1-3H3,(H,17,19). The van der Waals surface area contributed by atoms with E-state index in [1.54, 1.807) is 6.92 Å². The maximum absolute atomic E-state index is 13.6. The summed E-state index contributed by atoms with van der Waals surface area (Å²) in [6.45, 7) is 5.46. The van der Waals surface area contributed by atoms with E-state index in [0.29, 0.717) is 11.7 Å². The average molecular weight is 297 g/mol. The second-order valence-electron chi connectivity index (χ2n) is 4.69. The molecule has 6 heteroatoms. The van der Waals surface area contributed by atoms with E-state index in [-0.39, 0.29) is 22.3 Å². The predicted octanol–water partition coefficient (Wildman–Crippen LogP) is 4.15. The monoisotopic (exact) mass is 296 g/mol. The zero-order valence-corrected chi connectivity index (χ0v) is 12.1. The average Bonchev–Trinajstić information content (AvgIpc) is 2.75. The van der Waals surface area contributed by atoms with E-state index in [9.17, 15) is 9.18 Å². The summed E-state index contributed by atoms with van der Waals surface area (Å²) in [6.07, 6.45) is 0. The molecule has 0 radical (unpaired) electrons. The number of halogens is 2. The van der Waals surface area contributed by atoms with Crippen molar-refractivity contribution < 1.29 is 13.6 Å². The number of benzene rings is 1. The summed E-state index contributed by atoms with van der Waals surface area (Å²) in [5, 5.41) is 2.72. The number of hydrogen-bond donors (Lipinski definition) is 1. The van der Waals surface area contributed by atoms with E-state index in [2.05, 4.69) is 10.3 Å². The molecule has 20 heavy (non-hydrogen) atoms. The first-order chi connectivity index (χ1) is 9.38. The van der Waals surface area contributed by atoms with Crippen LogP contribution in [0, 0.1) is 12.7 Å². The Hall–Kier alpha value is -1.88. The van der Waals surface area contributed by atoms with Crippen LogP contribution >= 0.6 is 11.6 Å². The van der Waals surface area contributed by atoms with E-state index >= 15 is 0 Å². The molecule has 0 fully saturated rings. The third-order valence-electron chi connectivity index (χ3n) is 2.70. The van der Waals surface area contributed by atoms with Crippen LogP contribution in [0.25, 0.3) is 0 Å². The van der Waals surface area contributed by atoms with E-state index < -0.39 is 11.7 Å². The summed E-state index contributed by atoms with van der Waals surface area (Å²) >= 11 is 5.65. The van der Waals surface area contributed by atoms with Gasteiger partial charge in [0.2, 0.25) is 0 Å². The molecule has 1 aromatic heterocycles. The number of aromatic nitrogens is 1. The fourth-order valence-corrected chi connectivity index (χ4v) is 1.81. The van der Waals surface area contributed by atoms with Crippen molar-refractivity contribution in [2.45, 2.75) is 26.7 Å². The first-order valence-electron chi connectivity index (χ1n) is 6.12. The summed E-state index contributed by atoms with van der Waals surface area (Å²) in [6, 6.07) is 4.02. The number of oxazole rings is 1. The van der Waals surface area contributed by atoms with E-state index in [1.165, 1.54) is 12.1 Å². The number of aryl methyl sites for hydroxylation is 1. The van der Waals surface area contributed by atoms with Gasteiger partial charge in [0.15, 0.2) is 11.6 Å². The highest BCUT2D eigenvalue weighted by Crippen LogP contribution is 2.21. The van der Waals surface area contributed by atoms with Crippen LogP contribution in [0.15, 0.2) is 22.6 Å². The molecule has 0 atom stereocenters. The van der Waals surface area contributed by atoms with Gasteiger partial charge in [-0.2, -0.15) is 0 Å². The van der Waals surface area contributed by atoms with Gasteiger partial charge in [-0.25, -0.2) is 9.37 Å². The Labute approximate surface area is 121 Å². The summed E-state index contributed by atoms with van der Waals surface area (Å²) in [7, 11) is 0. The highest BCUT2D eigenvalue weighted by molar-refractivity contribution is 6.30. The number of nitrogens with zero attached hydrogens (tertiary/aromatic N) is 1. The molecule has 0 aliphatic carbocycles. The van der Waals surface area contributed by atoms with Gasteiger partial charge in [-0.15, -0.1) is 0 Å². The molecular formula is C14H14ClFN2O2. The molecule has 2 aromatic rings. The lowest BCUT2D eigenvalue weighted by Gasteiger charge is -2.05. The third kappa shape index (κ3) is 2.99. The van der Waals surface area contributed by atoms with Gasteiger partial charge in [0, 0.05) is 10.9 Å². The molecule has 0 aliphatic rings. The van der Waals surface area contributed by atoms with Crippen LogP contribution in [0.4, 0.5) is 10.1 Å². The fraction of sp³-hybridized carbons (Fsp3) is 0.286. The Morgan fingerprint density at radius 2 is 2.15 bits per heavy atom. The molecule has 1 amide bonds. The van der Waals surface area contributed by atoms with Gasteiger partial charge in [0.25, 0.3) is 5.91 Å². The summed E-state index contributed by atoms with van der Waals surface area (Å²) in [5.74, 6) is -0.164. The van der Waals surface area contributed by atoms with Gasteiger partial charge in [0.05, 0.1) is 5.69 Å². The van der Waals surface area contributed by atoms with Gasteiger partial charge in [-0.05, 0) is 25.1 Å². The fourth-order valence-electron chi connectivity index (χ4n) is 1.65. The van der Waals surface area contributed by atoms with E-state index in [1.807, 2.05) is 13.8 Å². The Morgan fingerprint density at radius 1 is 1.45 bits per heavy atom. The lowest BCUT2D eigenvalue weighted by molar-refractivity contribution is 0.102. The molecule has 0 unspecified atom stereocenters. The topological polar surface area (TPSA) is 55.1 Å². The summed E-state index contributed by atoms with van der Waals surface area (Å²) in [4.78, 5) is 16.2. The molecule has 0 aliphatic heterocycles. The molecule has 0 bridgehead atoms. The number of amides is 1. The van der Waals surface area contributed by atoms with Crippen molar-refractivity contribution in [1.82, 2.24) is 4.98 Å². The van der Waals surface area contributed by atoms with Gasteiger partial charge < -0.3 is 9.73 Å². The van der Waals surface area contributed by atoms with Crippen molar-refractivity contribution >= 4 is 23.2 Å². The van der Waals surface area contributed by atoms with Gasteiger partial charge >= 0.3 is 0 Å². The number of rotatable bonds is 3. The van der Waals surface area contributed by atoms with Crippen molar-refractivity contribution in [2.24, 2.45) is 0 Å². The molecule has 4 nitrogen and oxygen atoms in total. The van der Waals surface area contributed by atoms with Crippen LogP contribution in [0.5, 0.6) is 0 Å². The van der Waals surface area contributed by atoms with Crippen LogP contribution in [-0.4, -0.2) is 10.9 Å². The molecule has 1 aromatic carbocycles. The van der Waals surface area contributed by atoms with Crippen molar-refractivity contribution in [3.05, 3.63) is 46.4 Å². The number of carbonyl (C=O) groups is 1. The molecular weight excluding hydrogens is 283 g/mol. The van der Waals surface area contributed by atoms with E-state index in [4.69, 9.17) is 16.0 Å². The zero-order valence-electron chi connectivity index (χ0n) is 11.3. The van der Waals surface area contributed by atoms with Crippen molar-refractivity contribution in [1.29, 1.82) is 0 Å². The van der Waals surface area contributed by atoms with Gasteiger partial charge in [0.1, 0.15) is 11.6 Å². The first-order valence-corrected chi connectivity index (χ1v) is 6.50. The minimum Gasteiger partial charge on any atom is -0.445 e. The highest BCUT2D eigenvalue weighted by atomic mass is 35.5. The maximum atomic E-state index is 13.6. The SMILES string of the molecule is Cc1oc(C(C)C)nc1C(=O)Nc1ccc(Cl)cc1F. The van der Waals surface area contributed by atoms with Crippen LogP contribution in [0.1, 0.15) is 41.9 Å². The number of anilines is 1. The Bertz CT molecular complexity index is 653. The molecule has 1 heterocycles. The lowest BCUT2D eigenvalue weighted by Crippen LogP contribution is -2.14. The predicted molar refractivity (Wildman–Crippen MR) is 74.7 cm³/mol. The van der Waals surface area contributed by atoms with Gasteiger partial charge in [-0.1, -0.05) is 25.4 Å². The van der Waals surface area contributed by atoms with Crippen molar-refractivity contribution in [2.75, 3.05) is 5.32 Å². The van der Waals surface area contributed by atoms with Crippen molar-refractivity contribution in [3.8, 4) is 0 Å². The second kappa shape index (κ2) is 5.63. The zero-order chi connectivity index (χ0) is 14.9. The summed E-state index contributed by atoms with van der Waals surface area (Å²) in [5.41, 5.74) is 0.205. The number of nitrogens with one attached hydrogen (secondary N) is 1. The molecule has 1 N–H and O–H groups in total. The minimum atomic E-state index is -0.601. The third-order valence-corrected chi connectivity index (χ3v) is 2.94. The minimum absolute atomic E-state index is 0.0490. The van der Waals surface area contributed by atoms with Gasteiger partial charge in [-0.3, -0.25) is 4.79 Å². The Kier molecular flexibility index (Phi) is 4.09. The molecule has 2 rings (SSSR count). The van der Waals surface area contributed by atoms with Crippen LogP contribution < -0.4 is 5.32 Å². The number of hydrogen-bond acceptors (Lipinski definition) is 3. The molecule has 0 saturated heterocycles. The smallest absolute Gasteiger partial charge is 0.277 e. The van der Waals surface area contributed by atoms with Crippen molar-refractivity contribution in [3.63, 3.8) is 0 Å². The largest absolute Gasteiger partial charge is 0.445 e. The lowest BCUT2D eigenvalue weighted by atomic mass is 10.2. The molecule has 0 spiro atoms. The number of carbonyl (C=O) groups excluding carboxylic acids is 1. The quantitative estimate of drug-likeness (QED) is 0.925. The maximum Gasteiger partial charge on any atom is 0.277 e. The summed E-state index contributed by atoms with van der Waals surface area (Å²) < 4.78 is 19.0. The highest BCUT2D eigenvalue weighted by Gasteiger charge is 2.19. The van der Waals surface area contributed by atoms with Crippen LogP contribution in [0.2, 0.25) is 5.02 Å². The first kappa shape index (κ1) is 14.5. The van der Waals surface area contributed by atoms with Crippen LogP contribution in [-0.2, 0) is 0 Å².